The quantitative estimate of drug-likeness (QED) is 0.319. The van der Waals surface area contributed by atoms with Crippen LogP contribution in [0.15, 0.2) is 0 Å². The van der Waals surface area contributed by atoms with E-state index in [1.54, 1.807) is 6.92 Å². The number of hydrogen-bond acceptors (Lipinski definition) is 5. The van der Waals surface area contributed by atoms with Crippen molar-refractivity contribution in [1.82, 2.24) is 0 Å². The van der Waals surface area contributed by atoms with Crippen LogP contribution in [0.1, 0.15) is 133 Å². The summed E-state index contributed by atoms with van der Waals surface area (Å²) in [5.41, 5.74) is 1.06. The van der Waals surface area contributed by atoms with Gasteiger partial charge < -0.3 is 14.2 Å². The first kappa shape index (κ1) is 29.9. The van der Waals surface area contributed by atoms with Crippen LogP contribution in [-0.2, 0) is 23.8 Å². The summed E-state index contributed by atoms with van der Waals surface area (Å²) in [6.07, 6.45) is 12.7. The number of rotatable bonds is 4. The number of esters is 2. The molecular formula is C36H58O5. The minimum atomic E-state index is -0.134. The van der Waals surface area contributed by atoms with E-state index in [0.29, 0.717) is 36.7 Å². The summed E-state index contributed by atoms with van der Waals surface area (Å²) in [4.78, 5) is 24.8. The Kier molecular flexibility index (Phi) is 6.90. The van der Waals surface area contributed by atoms with E-state index in [9.17, 15) is 9.59 Å². The van der Waals surface area contributed by atoms with E-state index >= 15 is 0 Å². The number of carbonyl (C=O) groups is 2. The molecule has 6 rings (SSSR count). The Morgan fingerprint density at radius 1 is 0.805 bits per heavy atom. The number of ether oxygens (including phenoxy) is 3. The maximum Gasteiger partial charge on any atom is 0.308 e. The lowest BCUT2D eigenvalue weighted by Crippen LogP contribution is -2.68. The van der Waals surface area contributed by atoms with E-state index < -0.39 is 0 Å². The minimum Gasteiger partial charge on any atom is -0.466 e. The Balaban J connectivity index is 1.34. The maximum absolute atomic E-state index is 12.8. The van der Waals surface area contributed by atoms with E-state index in [-0.39, 0.29) is 62.7 Å². The maximum atomic E-state index is 12.8. The highest BCUT2D eigenvalue weighted by atomic mass is 16.5. The van der Waals surface area contributed by atoms with Gasteiger partial charge in [-0.1, -0.05) is 48.5 Å². The molecular weight excluding hydrogens is 512 g/mol. The molecule has 0 spiro atoms. The largest absolute Gasteiger partial charge is 0.466 e. The predicted molar refractivity (Wildman–Crippen MR) is 160 cm³/mol. The number of carbonyl (C=O) groups excluding carboxylic acids is 2. The van der Waals surface area contributed by atoms with Crippen molar-refractivity contribution >= 4 is 11.9 Å². The van der Waals surface area contributed by atoms with E-state index in [1.807, 2.05) is 6.92 Å². The Morgan fingerprint density at radius 3 is 2.20 bits per heavy atom. The predicted octanol–water partition coefficient (Wildman–Crippen LogP) is 8.13. The monoisotopic (exact) mass is 570 g/mol. The second-order valence-electron chi connectivity index (χ2n) is 17.4. The van der Waals surface area contributed by atoms with Gasteiger partial charge in [-0.25, -0.2) is 0 Å². The standard InChI is InChI=1S/C36H58O5/c1-10-39-28(38)21-27-36-19-17-31(3,4)30(41-27)29(36)23-11-12-25-33(7)15-14-26(40-22(2)37)32(5,6)24(33)13-16-35(25,9)34(23,8)18-20-36/h23-27,29-30H,10-21H2,1-9H3/t23-,24+,25-,26+,27-,29+,30-,33+,34-,35-,36-/m1/s1. The van der Waals surface area contributed by atoms with Gasteiger partial charge in [0, 0.05) is 17.8 Å². The van der Waals surface area contributed by atoms with Crippen LogP contribution in [-0.4, -0.2) is 36.9 Å². The van der Waals surface area contributed by atoms with Crippen molar-refractivity contribution in [3.05, 3.63) is 0 Å². The molecule has 1 heterocycles. The van der Waals surface area contributed by atoms with Crippen molar-refractivity contribution in [2.45, 2.75) is 151 Å². The summed E-state index contributed by atoms with van der Waals surface area (Å²) in [6, 6.07) is 0. The van der Waals surface area contributed by atoms with Crippen LogP contribution in [0.4, 0.5) is 0 Å². The zero-order valence-corrected chi connectivity index (χ0v) is 27.6. The third-order valence-corrected chi connectivity index (χ3v) is 15.3. The van der Waals surface area contributed by atoms with Crippen LogP contribution < -0.4 is 0 Å². The first-order valence-electron chi connectivity index (χ1n) is 17.1. The summed E-state index contributed by atoms with van der Waals surface area (Å²) in [6.45, 7) is 21.5. The van der Waals surface area contributed by atoms with Gasteiger partial charge >= 0.3 is 11.9 Å². The van der Waals surface area contributed by atoms with E-state index in [0.717, 1.165) is 12.8 Å². The first-order valence-corrected chi connectivity index (χ1v) is 17.1. The molecule has 6 aliphatic rings. The molecule has 0 aromatic carbocycles. The molecule has 5 heteroatoms. The van der Waals surface area contributed by atoms with Crippen molar-refractivity contribution in [3.8, 4) is 0 Å². The molecule has 5 saturated carbocycles. The summed E-state index contributed by atoms with van der Waals surface area (Å²) in [7, 11) is 0. The second-order valence-corrected chi connectivity index (χ2v) is 17.4. The fourth-order valence-electron chi connectivity index (χ4n) is 13.2. The molecule has 5 nitrogen and oxygen atoms in total. The average Bonchev–Trinajstić information content (AvgIpc) is 3.14. The fourth-order valence-corrected chi connectivity index (χ4v) is 13.2. The van der Waals surface area contributed by atoms with E-state index in [1.165, 1.54) is 51.4 Å². The van der Waals surface area contributed by atoms with Crippen LogP contribution in [0.5, 0.6) is 0 Å². The van der Waals surface area contributed by atoms with E-state index in [2.05, 4.69) is 48.5 Å². The second kappa shape index (κ2) is 9.45. The highest BCUT2D eigenvalue weighted by Crippen LogP contribution is 2.79. The Hall–Kier alpha value is -1.10. The van der Waals surface area contributed by atoms with Gasteiger partial charge in [0.15, 0.2) is 0 Å². The zero-order valence-electron chi connectivity index (χ0n) is 27.6. The molecule has 0 unspecified atom stereocenters. The van der Waals surface area contributed by atoms with E-state index in [4.69, 9.17) is 14.2 Å². The smallest absolute Gasteiger partial charge is 0.308 e. The van der Waals surface area contributed by atoms with Gasteiger partial charge in [0.1, 0.15) is 6.10 Å². The minimum absolute atomic E-state index is 0.000915. The molecule has 6 fully saturated rings. The molecule has 0 aromatic heterocycles. The molecule has 41 heavy (non-hydrogen) atoms. The van der Waals surface area contributed by atoms with Crippen LogP contribution in [0.2, 0.25) is 0 Å². The Morgan fingerprint density at radius 2 is 1.51 bits per heavy atom. The molecule has 0 radical (unpaired) electrons. The molecule has 2 bridgehead atoms. The van der Waals surface area contributed by atoms with Crippen LogP contribution in [0.25, 0.3) is 0 Å². The zero-order chi connectivity index (χ0) is 29.8. The van der Waals surface area contributed by atoms with Crippen molar-refractivity contribution in [2.75, 3.05) is 6.61 Å². The third-order valence-electron chi connectivity index (χ3n) is 15.3. The van der Waals surface area contributed by atoms with Gasteiger partial charge in [-0.05, 0) is 116 Å². The summed E-state index contributed by atoms with van der Waals surface area (Å²) < 4.78 is 18.4. The van der Waals surface area contributed by atoms with Gasteiger partial charge in [0.05, 0.1) is 25.2 Å². The Bertz CT molecular complexity index is 1080. The molecule has 232 valence electrons. The fraction of sp³-hybridized carbons (Fsp3) is 0.944. The molecule has 0 amide bonds. The van der Waals surface area contributed by atoms with Gasteiger partial charge in [-0.15, -0.1) is 0 Å². The van der Waals surface area contributed by atoms with Gasteiger partial charge in [-0.2, -0.15) is 0 Å². The molecule has 11 atom stereocenters. The molecule has 1 saturated heterocycles. The highest BCUT2D eigenvalue weighted by Gasteiger charge is 2.74. The molecule has 0 N–H and O–H groups in total. The van der Waals surface area contributed by atoms with Crippen LogP contribution in [0.3, 0.4) is 0 Å². The summed E-state index contributed by atoms with van der Waals surface area (Å²) >= 11 is 0. The lowest BCUT2D eigenvalue weighted by molar-refractivity contribution is -0.254. The molecule has 1 aliphatic heterocycles. The highest BCUT2D eigenvalue weighted by molar-refractivity contribution is 5.70. The van der Waals surface area contributed by atoms with Gasteiger partial charge in [0.25, 0.3) is 0 Å². The summed E-state index contributed by atoms with van der Waals surface area (Å²) in [5.74, 6) is 2.21. The topological polar surface area (TPSA) is 61.8 Å². The van der Waals surface area contributed by atoms with Gasteiger partial charge in [-0.3, -0.25) is 9.59 Å². The molecule has 5 aliphatic carbocycles. The number of hydrogen-bond donors (Lipinski definition) is 0. The van der Waals surface area contributed by atoms with Gasteiger partial charge in [0.2, 0.25) is 0 Å². The Labute approximate surface area is 249 Å². The summed E-state index contributed by atoms with van der Waals surface area (Å²) in [5, 5.41) is 0. The number of fused-ring (bicyclic) bond motifs is 5. The van der Waals surface area contributed by atoms with Crippen LogP contribution in [0, 0.1) is 56.2 Å². The normalized spacial score (nSPS) is 50.9. The first-order chi connectivity index (χ1) is 19.1. The lowest BCUT2D eigenvalue weighted by atomic mass is 9.31. The third kappa shape index (κ3) is 3.94. The van der Waals surface area contributed by atoms with Crippen molar-refractivity contribution in [1.29, 1.82) is 0 Å². The SMILES string of the molecule is CCOC(=O)C[C@H]1O[C@@H]2[C@@H]3[C@H]4CC[C@@H]5[C@@]6(C)CC[C@H](OC(C)=O)C(C)(C)[C@@H]6CC[C@@]5(C)[C@]4(C)CC[C@@]31CCC2(C)C. The molecule has 0 aromatic rings. The average molecular weight is 571 g/mol. The van der Waals surface area contributed by atoms with Crippen molar-refractivity contribution in [3.63, 3.8) is 0 Å². The van der Waals surface area contributed by atoms with Crippen molar-refractivity contribution < 1.29 is 23.8 Å². The lowest BCUT2D eigenvalue weighted by Gasteiger charge is -2.73. The van der Waals surface area contributed by atoms with Crippen molar-refractivity contribution in [2.24, 2.45) is 56.2 Å². The van der Waals surface area contributed by atoms with Crippen LogP contribution >= 0.6 is 0 Å².